The zero-order chi connectivity index (χ0) is 12.6. The fourth-order valence-corrected chi connectivity index (χ4v) is 1.98. The van der Waals surface area contributed by atoms with Gasteiger partial charge in [-0.15, -0.1) is 0 Å². The first-order chi connectivity index (χ1) is 8.84. The second-order valence-corrected chi connectivity index (χ2v) is 4.53. The molecule has 0 heterocycles. The molecule has 2 aromatic rings. The lowest BCUT2D eigenvalue weighted by Crippen LogP contribution is -2.25. The highest BCUT2D eigenvalue weighted by molar-refractivity contribution is 5.42. The summed E-state index contributed by atoms with van der Waals surface area (Å²) < 4.78 is 0. The van der Waals surface area contributed by atoms with Crippen LogP contribution >= 0.6 is 0 Å². The lowest BCUT2D eigenvalue weighted by Gasteiger charge is -2.12. The summed E-state index contributed by atoms with van der Waals surface area (Å²) in [6.45, 7) is 0.915. The van der Waals surface area contributed by atoms with Gasteiger partial charge in [0.05, 0.1) is 0 Å². The molecule has 0 radical (unpaired) electrons. The number of para-hydroxylation sites is 1. The zero-order valence-corrected chi connectivity index (χ0v) is 10.5. The highest BCUT2D eigenvalue weighted by Gasteiger charge is 2.03. The van der Waals surface area contributed by atoms with E-state index in [4.69, 9.17) is 5.73 Å². The highest BCUT2D eigenvalue weighted by atomic mass is 14.9. The van der Waals surface area contributed by atoms with Crippen LogP contribution < -0.4 is 11.1 Å². The lowest BCUT2D eigenvalue weighted by molar-refractivity contribution is 0.629. The predicted molar refractivity (Wildman–Crippen MR) is 77.7 cm³/mol. The topological polar surface area (TPSA) is 38.0 Å². The van der Waals surface area contributed by atoms with Crippen LogP contribution in [0.2, 0.25) is 0 Å². The van der Waals surface area contributed by atoms with Gasteiger partial charge in [0.1, 0.15) is 0 Å². The molecule has 0 aromatic heterocycles. The Balaban J connectivity index is 1.71. The fraction of sp³-hybridized carbons (Fsp3) is 0.250. The van der Waals surface area contributed by atoms with Crippen molar-refractivity contribution in [3.63, 3.8) is 0 Å². The van der Waals surface area contributed by atoms with Crippen LogP contribution in [0.1, 0.15) is 12.0 Å². The minimum absolute atomic E-state index is 0.212. The Labute approximate surface area is 109 Å². The van der Waals surface area contributed by atoms with E-state index in [9.17, 15) is 0 Å². The third-order valence-electron chi connectivity index (χ3n) is 2.96. The van der Waals surface area contributed by atoms with Gasteiger partial charge in [-0.1, -0.05) is 48.5 Å². The Morgan fingerprint density at radius 2 is 1.50 bits per heavy atom. The van der Waals surface area contributed by atoms with E-state index < -0.39 is 0 Å². The average Bonchev–Trinajstić information content (AvgIpc) is 2.41. The molecule has 0 saturated heterocycles. The first-order valence-corrected chi connectivity index (χ1v) is 6.43. The maximum absolute atomic E-state index is 6.13. The minimum Gasteiger partial charge on any atom is -0.385 e. The van der Waals surface area contributed by atoms with Crippen molar-refractivity contribution in [2.45, 2.75) is 18.9 Å². The van der Waals surface area contributed by atoms with Gasteiger partial charge in [0.25, 0.3) is 0 Å². The van der Waals surface area contributed by atoms with Gasteiger partial charge < -0.3 is 11.1 Å². The van der Waals surface area contributed by atoms with E-state index in [1.807, 2.05) is 24.3 Å². The van der Waals surface area contributed by atoms with Crippen molar-refractivity contribution in [1.82, 2.24) is 0 Å². The van der Waals surface area contributed by atoms with Gasteiger partial charge in [-0.2, -0.15) is 0 Å². The first kappa shape index (κ1) is 12.7. The monoisotopic (exact) mass is 240 g/mol. The van der Waals surface area contributed by atoms with Crippen molar-refractivity contribution in [3.8, 4) is 0 Å². The van der Waals surface area contributed by atoms with Gasteiger partial charge in [0.15, 0.2) is 0 Å². The summed E-state index contributed by atoms with van der Waals surface area (Å²) in [5, 5.41) is 3.38. The van der Waals surface area contributed by atoms with Gasteiger partial charge in [-0.3, -0.25) is 0 Å². The van der Waals surface area contributed by atoms with E-state index in [0.717, 1.165) is 25.1 Å². The van der Waals surface area contributed by atoms with Gasteiger partial charge in [-0.05, 0) is 30.5 Å². The van der Waals surface area contributed by atoms with Crippen molar-refractivity contribution in [3.05, 3.63) is 66.2 Å². The number of nitrogens with two attached hydrogens (primary N) is 1. The Hall–Kier alpha value is -1.80. The van der Waals surface area contributed by atoms with Crippen LogP contribution in [0.15, 0.2) is 60.7 Å². The van der Waals surface area contributed by atoms with Crippen LogP contribution in [0.4, 0.5) is 5.69 Å². The Morgan fingerprint density at radius 1 is 0.889 bits per heavy atom. The highest BCUT2D eigenvalue weighted by Crippen LogP contribution is 2.07. The maximum atomic E-state index is 6.13. The fourth-order valence-electron chi connectivity index (χ4n) is 1.98. The predicted octanol–water partition coefficient (Wildman–Crippen LogP) is 3.06. The SMILES string of the molecule is N[C@H](CCNc1ccccc1)Cc1ccccc1. The lowest BCUT2D eigenvalue weighted by atomic mass is 10.0. The van der Waals surface area contributed by atoms with E-state index in [2.05, 4.69) is 41.7 Å². The molecule has 18 heavy (non-hydrogen) atoms. The molecule has 2 rings (SSSR count). The molecule has 2 nitrogen and oxygen atoms in total. The molecule has 0 saturated carbocycles. The standard InChI is InChI=1S/C16H20N2/c17-15(13-14-7-3-1-4-8-14)11-12-18-16-9-5-2-6-10-16/h1-10,15,18H,11-13,17H2/t15-/m1/s1. The molecule has 2 aromatic carbocycles. The average molecular weight is 240 g/mol. The summed E-state index contributed by atoms with van der Waals surface area (Å²) in [4.78, 5) is 0. The molecular weight excluding hydrogens is 220 g/mol. The Morgan fingerprint density at radius 3 is 2.17 bits per heavy atom. The number of nitrogens with one attached hydrogen (secondary N) is 1. The van der Waals surface area contributed by atoms with E-state index >= 15 is 0 Å². The summed E-state index contributed by atoms with van der Waals surface area (Å²) in [7, 11) is 0. The normalized spacial score (nSPS) is 12.1. The van der Waals surface area contributed by atoms with Crippen LogP contribution in [0, 0.1) is 0 Å². The molecule has 0 amide bonds. The van der Waals surface area contributed by atoms with Gasteiger partial charge in [-0.25, -0.2) is 0 Å². The van der Waals surface area contributed by atoms with E-state index in [0.29, 0.717) is 0 Å². The van der Waals surface area contributed by atoms with Crippen LogP contribution in [-0.4, -0.2) is 12.6 Å². The van der Waals surface area contributed by atoms with Crippen molar-refractivity contribution < 1.29 is 0 Å². The minimum atomic E-state index is 0.212. The van der Waals surface area contributed by atoms with Crippen molar-refractivity contribution in [2.75, 3.05) is 11.9 Å². The molecule has 0 spiro atoms. The van der Waals surface area contributed by atoms with Gasteiger partial charge in [0.2, 0.25) is 0 Å². The molecular formula is C16H20N2. The molecule has 0 aliphatic rings. The number of anilines is 1. The molecule has 0 bridgehead atoms. The van der Waals surface area contributed by atoms with Crippen LogP contribution in [0.5, 0.6) is 0 Å². The number of benzene rings is 2. The second-order valence-electron chi connectivity index (χ2n) is 4.53. The van der Waals surface area contributed by atoms with Crippen LogP contribution in [0.25, 0.3) is 0 Å². The van der Waals surface area contributed by atoms with E-state index in [1.165, 1.54) is 5.56 Å². The van der Waals surface area contributed by atoms with Crippen molar-refractivity contribution in [2.24, 2.45) is 5.73 Å². The number of hydrogen-bond donors (Lipinski definition) is 2. The molecule has 1 atom stereocenters. The Kier molecular flexibility index (Phi) is 4.79. The third-order valence-corrected chi connectivity index (χ3v) is 2.96. The second kappa shape index (κ2) is 6.82. The summed E-state index contributed by atoms with van der Waals surface area (Å²) in [6, 6.07) is 20.9. The smallest absolute Gasteiger partial charge is 0.0340 e. The molecule has 0 unspecified atom stereocenters. The third kappa shape index (κ3) is 4.22. The molecule has 2 heteroatoms. The van der Waals surface area contributed by atoms with Gasteiger partial charge >= 0.3 is 0 Å². The Bertz CT molecular complexity index is 439. The number of rotatable bonds is 6. The summed E-state index contributed by atoms with van der Waals surface area (Å²) in [5.41, 5.74) is 8.60. The van der Waals surface area contributed by atoms with Crippen LogP contribution in [0.3, 0.4) is 0 Å². The van der Waals surface area contributed by atoms with E-state index in [1.54, 1.807) is 0 Å². The molecule has 3 N–H and O–H groups in total. The summed E-state index contributed by atoms with van der Waals surface area (Å²) in [6.07, 6.45) is 1.92. The van der Waals surface area contributed by atoms with E-state index in [-0.39, 0.29) is 6.04 Å². The molecule has 0 aliphatic carbocycles. The summed E-state index contributed by atoms with van der Waals surface area (Å²) in [5.74, 6) is 0. The number of hydrogen-bond acceptors (Lipinski definition) is 2. The molecule has 0 aliphatic heterocycles. The maximum Gasteiger partial charge on any atom is 0.0340 e. The van der Waals surface area contributed by atoms with Crippen LogP contribution in [-0.2, 0) is 6.42 Å². The summed E-state index contributed by atoms with van der Waals surface area (Å²) >= 11 is 0. The largest absolute Gasteiger partial charge is 0.385 e. The quantitative estimate of drug-likeness (QED) is 0.814. The van der Waals surface area contributed by atoms with Gasteiger partial charge in [0, 0.05) is 18.3 Å². The molecule has 0 fully saturated rings. The molecule has 94 valence electrons. The zero-order valence-electron chi connectivity index (χ0n) is 10.5. The first-order valence-electron chi connectivity index (χ1n) is 6.43. The van der Waals surface area contributed by atoms with Crippen molar-refractivity contribution in [1.29, 1.82) is 0 Å². The van der Waals surface area contributed by atoms with Crippen molar-refractivity contribution >= 4 is 5.69 Å².